The van der Waals surface area contributed by atoms with Gasteiger partial charge < -0.3 is 5.32 Å². The Morgan fingerprint density at radius 2 is 2.21 bits per heavy atom. The number of benzene rings is 1. The van der Waals surface area contributed by atoms with Crippen LogP contribution in [0, 0.1) is 2.88 Å². The molecular weight excluding hydrogens is 433 g/mol. The van der Waals surface area contributed by atoms with E-state index in [1.165, 1.54) is 37.7 Å². The highest BCUT2D eigenvalue weighted by molar-refractivity contribution is 14.1. The molecule has 1 atom stereocenters. The van der Waals surface area contributed by atoms with E-state index in [4.69, 9.17) is 0 Å². The zero-order chi connectivity index (χ0) is 13.2. The van der Waals surface area contributed by atoms with Gasteiger partial charge in [0.25, 0.3) is 0 Å². The van der Waals surface area contributed by atoms with Crippen LogP contribution in [-0.4, -0.2) is 0 Å². The summed E-state index contributed by atoms with van der Waals surface area (Å²) in [6.07, 6.45) is 3.82. The minimum atomic E-state index is 0.524. The van der Waals surface area contributed by atoms with Crippen molar-refractivity contribution >= 4 is 49.9 Å². The van der Waals surface area contributed by atoms with Gasteiger partial charge in [-0.25, -0.2) is 0 Å². The molecule has 19 heavy (non-hydrogen) atoms. The zero-order valence-corrected chi connectivity index (χ0v) is 15.0. The number of halogens is 2. The maximum absolute atomic E-state index is 3.72. The van der Waals surface area contributed by atoms with E-state index in [0.29, 0.717) is 6.04 Å². The van der Waals surface area contributed by atoms with E-state index >= 15 is 0 Å². The molecule has 1 nitrogen and oxygen atoms in total. The quantitative estimate of drug-likeness (QED) is 0.631. The van der Waals surface area contributed by atoms with Crippen LogP contribution in [0.2, 0.25) is 0 Å². The van der Waals surface area contributed by atoms with Gasteiger partial charge in [-0.15, -0.1) is 11.3 Å². The van der Waals surface area contributed by atoms with Crippen LogP contribution in [0.1, 0.15) is 34.9 Å². The Morgan fingerprint density at radius 1 is 1.37 bits per heavy atom. The molecule has 1 unspecified atom stereocenters. The van der Waals surface area contributed by atoms with E-state index in [1.807, 2.05) is 11.3 Å². The summed E-state index contributed by atoms with van der Waals surface area (Å²) >= 11 is 8.01. The van der Waals surface area contributed by atoms with Gasteiger partial charge in [-0.3, -0.25) is 0 Å². The molecule has 1 aliphatic rings. The van der Waals surface area contributed by atoms with E-state index in [0.717, 1.165) is 6.54 Å². The number of nitrogens with one attached hydrogen (secondary N) is 1. The first-order valence-electron chi connectivity index (χ1n) is 6.49. The fourth-order valence-corrected chi connectivity index (χ4v) is 5.15. The fraction of sp³-hybridized carbons (Fsp3) is 0.333. The van der Waals surface area contributed by atoms with Crippen molar-refractivity contribution in [2.45, 2.75) is 31.8 Å². The van der Waals surface area contributed by atoms with Crippen LogP contribution < -0.4 is 5.32 Å². The summed E-state index contributed by atoms with van der Waals surface area (Å²) in [5.41, 5.74) is 2.87. The van der Waals surface area contributed by atoms with Crippen molar-refractivity contribution < 1.29 is 0 Å². The summed E-state index contributed by atoms with van der Waals surface area (Å²) < 4.78 is 2.61. The molecule has 100 valence electrons. The number of rotatable bonds is 3. The number of hydrogen-bond acceptors (Lipinski definition) is 2. The van der Waals surface area contributed by atoms with Crippen molar-refractivity contribution in [3.63, 3.8) is 0 Å². The Morgan fingerprint density at radius 3 is 3.05 bits per heavy atom. The van der Waals surface area contributed by atoms with Crippen LogP contribution in [-0.2, 0) is 13.0 Å². The van der Waals surface area contributed by atoms with E-state index in [2.05, 4.69) is 74.2 Å². The Hall–Kier alpha value is 0.0900. The second-order valence-corrected chi connectivity index (χ2v) is 8.73. The van der Waals surface area contributed by atoms with Crippen molar-refractivity contribution in [2.75, 3.05) is 0 Å². The number of hydrogen-bond donors (Lipinski definition) is 1. The monoisotopic (exact) mass is 447 g/mol. The third-order valence-corrected chi connectivity index (χ3v) is 6.33. The lowest BCUT2D eigenvalue weighted by molar-refractivity contribution is 0.462. The largest absolute Gasteiger partial charge is 0.306 e. The van der Waals surface area contributed by atoms with E-state index in [1.54, 1.807) is 4.88 Å². The van der Waals surface area contributed by atoms with E-state index in [9.17, 15) is 0 Å². The molecule has 1 N–H and O–H groups in total. The van der Waals surface area contributed by atoms with Crippen molar-refractivity contribution in [2.24, 2.45) is 0 Å². The van der Waals surface area contributed by atoms with Crippen molar-refractivity contribution in [1.29, 1.82) is 0 Å². The Balaban J connectivity index is 1.73. The molecule has 0 radical (unpaired) electrons. The molecule has 0 spiro atoms. The maximum atomic E-state index is 3.72. The summed E-state index contributed by atoms with van der Waals surface area (Å²) in [4.78, 5) is 1.58. The summed E-state index contributed by atoms with van der Waals surface area (Å²) in [5, 5.41) is 3.72. The second-order valence-electron chi connectivity index (χ2n) is 4.85. The molecule has 0 fully saturated rings. The molecule has 1 heterocycles. The highest BCUT2D eigenvalue weighted by atomic mass is 127. The predicted molar refractivity (Wildman–Crippen MR) is 93.7 cm³/mol. The molecule has 0 bridgehead atoms. The SMILES string of the molecule is Brc1ccccc1CNC1CCCc2sc(I)cc21. The number of fused-ring (bicyclic) bond motifs is 1. The van der Waals surface area contributed by atoms with Crippen molar-refractivity contribution in [3.05, 3.63) is 53.7 Å². The van der Waals surface area contributed by atoms with Crippen molar-refractivity contribution in [1.82, 2.24) is 5.32 Å². The third kappa shape index (κ3) is 3.23. The summed E-state index contributed by atoms with van der Waals surface area (Å²) in [5.74, 6) is 0. The van der Waals surface area contributed by atoms with E-state index in [-0.39, 0.29) is 0 Å². The van der Waals surface area contributed by atoms with Gasteiger partial charge in [0.05, 0.1) is 2.88 Å². The minimum Gasteiger partial charge on any atom is -0.306 e. The lowest BCUT2D eigenvalue weighted by Crippen LogP contribution is -2.24. The van der Waals surface area contributed by atoms with Crippen molar-refractivity contribution in [3.8, 4) is 0 Å². The molecular formula is C15H15BrINS. The van der Waals surface area contributed by atoms with Crippen LogP contribution in [0.4, 0.5) is 0 Å². The zero-order valence-electron chi connectivity index (χ0n) is 10.5. The average molecular weight is 448 g/mol. The molecule has 1 aromatic heterocycles. The molecule has 4 heteroatoms. The van der Waals surface area contributed by atoms with Gasteiger partial charge in [0.1, 0.15) is 0 Å². The van der Waals surface area contributed by atoms with Gasteiger partial charge in [0.2, 0.25) is 0 Å². The topological polar surface area (TPSA) is 12.0 Å². The third-order valence-electron chi connectivity index (χ3n) is 3.58. The van der Waals surface area contributed by atoms with E-state index < -0.39 is 0 Å². The Bertz CT molecular complexity index is 581. The predicted octanol–water partition coefficient (Wildman–Crippen LogP) is 5.28. The molecule has 0 saturated carbocycles. The molecule has 0 aliphatic heterocycles. The molecule has 1 aromatic carbocycles. The van der Waals surface area contributed by atoms with Gasteiger partial charge in [-0.2, -0.15) is 0 Å². The maximum Gasteiger partial charge on any atom is 0.0659 e. The molecule has 1 aliphatic carbocycles. The lowest BCUT2D eigenvalue weighted by atomic mass is 9.94. The summed E-state index contributed by atoms with van der Waals surface area (Å²) in [6, 6.07) is 11.3. The summed E-state index contributed by atoms with van der Waals surface area (Å²) in [7, 11) is 0. The Labute approximate surface area is 140 Å². The first-order chi connectivity index (χ1) is 9.24. The highest BCUT2D eigenvalue weighted by Crippen LogP contribution is 2.36. The first-order valence-corrected chi connectivity index (χ1v) is 9.18. The van der Waals surface area contributed by atoms with Crippen LogP contribution in [0.5, 0.6) is 0 Å². The van der Waals surface area contributed by atoms with Gasteiger partial charge in [-0.1, -0.05) is 34.1 Å². The van der Waals surface area contributed by atoms with Gasteiger partial charge in [0, 0.05) is 21.9 Å². The van der Waals surface area contributed by atoms with Crippen LogP contribution >= 0.6 is 49.9 Å². The van der Waals surface area contributed by atoms with Gasteiger partial charge in [-0.05, 0) is 65.1 Å². The van der Waals surface area contributed by atoms with Crippen LogP contribution in [0.3, 0.4) is 0 Å². The normalized spacial score (nSPS) is 18.3. The Kier molecular flexibility index (Phi) is 4.62. The standard InChI is InChI=1S/C15H15BrINS/c16-12-5-2-1-4-10(12)9-18-13-6-3-7-14-11(13)8-15(17)19-14/h1-2,4-5,8,13,18H,3,6-7,9H2. The van der Waals surface area contributed by atoms with Gasteiger partial charge in [0.15, 0.2) is 0 Å². The number of aryl methyl sites for hydroxylation is 1. The molecule has 3 rings (SSSR count). The first kappa shape index (κ1) is 14.0. The molecule has 0 saturated heterocycles. The molecule has 2 aromatic rings. The number of thiophene rings is 1. The lowest BCUT2D eigenvalue weighted by Gasteiger charge is -2.24. The highest BCUT2D eigenvalue weighted by Gasteiger charge is 2.22. The average Bonchev–Trinajstić information content (AvgIpc) is 2.78. The van der Waals surface area contributed by atoms with Gasteiger partial charge >= 0.3 is 0 Å². The van der Waals surface area contributed by atoms with Crippen LogP contribution in [0.25, 0.3) is 0 Å². The summed E-state index contributed by atoms with van der Waals surface area (Å²) in [6.45, 7) is 0.929. The molecule has 0 amide bonds. The fourth-order valence-electron chi connectivity index (χ4n) is 2.61. The second kappa shape index (κ2) is 6.24. The van der Waals surface area contributed by atoms with Crippen LogP contribution in [0.15, 0.2) is 34.8 Å². The smallest absolute Gasteiger partial charge is 0.0659 e. The minimum absolute atomic E-state index is 0.524.